The molecule has 0 saturated carbocycles. The number of rotatable bonds is 20. The number of aliphatic carboxylic acids is 1. The van der Waals surface area contributed by atoms with Gasteiger partial charge < -0.3 is 20.7 Å². The van der Waals surface area contributed by atoms with Crippen LogP contribution in [-0.4, -0.2) is 40.0 Å². The number of carboxylic acid groups (broad SMARTS) is 1. The van der Waals surface area contributed by atoms with E-state index in [0.29, 0.717) is 6.42 Å². The predicted octanol–water partition coefficient (Wildman–Crippen LogP) is 6.27. The van der Waals surface area contributed by atoms with Crippen molar-refractivity contribution in [2.75, 3.05) is 0 Å². The minimum Gasteiger partial charge on any atom is -0.480 e. The van der Waals surface area contributed by atoms with Gasteiger partial charge in [-0.05, 0) is 25.0 Å². The van der Waals surface area contributed by atoms with Crippen molar-refractivity contribution in [3.05, 3.63) is 36.0 Å². The van der Waals surface area contributed by atoms with E-state index in [1.807, 2.05) is 30.5 Å². The van der Waals surface area contributed by atoms with Gasteiger partial charge in [-0.1, -0.05) is 102 Å². The number of para-hydroxylation sites is 1. The van der Waals surface area contributed by atoms with Gasteiger partial charge in [-0.2, -0.15) is 0 Å². The summed E-state index contributed by atoms with van der Waals surface area (Å²) in [5.41, 5.74) is 1.86. The number of hydrogen-bond acceptors (Lipinski definition) is 3. The highest BCUT2D eigenvalue weighted by molar-refractivity contribution is 5.91. The van der Waals surface area contributed by atoms with E-state index in [-0.39, 0.29) is 12.3 Å². The summed E-state index contributed by atoms with van der Waals surface area (Å²) in [5.74, 6) is -1.78. The van der Waals surface area contributed by atoms with Crippen LogP contribution >= 0.6 is 0 Å². The number of carbonyl (C=O) groups is 3. The maximum Gasteiger partial charge on any atom is 0.325 e. The third kappa shape index (κ3) is 11.8. The largest absolute Gasteiger partial charge is 0.480 e. The molecule has 206 valence electrons. The molecule has 37 heavy (non-hydrogen) atoms. The van der Waals surface area contributed by atoms with Crippen LogP contribution in [0.25, 0.3) is 10.9 Å². The van der Waals surface area contributed by atoms with E-state index in [1.165, 1.54) is 71.1 Å². The molecule has 0 radical (unpaired) electrons. The molecule has 0 saturated heterocycles. The molecule has 0 aliphatic rings. The first kappa shape index (κ1) is 30.4. The molecule has 0 aliphatic heterocycles. The first-order valence-corrected chi connectivity index (χ1v) is 14.3. The first-order chi connectivity index (χ1) is 17.9. The van der Waals surface area contributed by atoms with Crippen LogP contribution < -0.4 is 10.6 Å². The molecule has 2 rings (SSSR count). The summed E-state index contributed by atoms with van der Waals surface area (Å²) >= 11 is 0. The number of carboxylic acids is 1. The van der Waals surface area contributed by atoms with Crippen LogP contribution in [0.1, 0.15) is 109 Å². The van der Waals surface area contributed by atoms with E-state index in [9.17, 15) is 19.5 Å². The summed E-state index contributed by atoms with van der Waals surface area (Å²) in [7, 11) is 0. The number of aromatic nitrogens is 1. The molecule has 2 atom stereocenters. The maximum atomic E-state index is 12.8. The number of H-pyrrole nitrogens is 1. The number of amides is 2. The fourth-order valence-corrected chi connectivity index (χ4v) is 4.68. The summed E-state index contributed by atoms with van der Waals surface area (Å²) in [4.78, 5) is 39.9. The highest BCUT2D eigenvalue weighted by Crippen LogP contribution is 2.19. The van der Waals surface area contributed by atoms with Gasteiger partial charge in [0.25, 0.3) is 0 Å². The van der Waals surface area contributed by atoms with Gasteiger partial charge in [-0.3, -0.25) is 14.4 Å². The second-order valence-corrected chi connectivity index (χ2v) is 10.2. The summed E-state index contributed by atoms with van der Waals surface area (Å²) in [6.07, 6.45) is 18.6. The number of carbonyl (C=O) groups excluding carboxylic acids is 2. The standard InChI is InChI=1S/C30H47N3O4/c1-3-4-5-6-7-8-9-10-11-12-13-14-15-20-28(34)33-27(29(35)32-23(2)30(36)37)21-24-22-31-26-19-17-16-18-25(24)26/h16-19,22-23,27,31H,3-15,20-21H2,1-2H3,(H,32,35)(H,33,34)(H,36,37). The number of fused-ring (bicyclic) bond motifs is 1. The van der Waals surface area contributed by atoms with E-state index in [2.05, 4.69) is 22.5 Å². The van der Waals surface area contributed by atoms with E-state index >= 15 is 0 Å². The Bertz CT molecular complexity index is 955. The smallest absolute Gasteiger partial charge is 0.325 e. The number of benzene rings is 1. The fourth-order valence-electron chi connectivity index (χ4n) is 4.68. The van der Waals surface area contributed by atoms with Gasteiger partial charge in [0.15, 0.2) is 0 Å². The van der Waals surface area contributed by atoms with Crippen molar-refractivity contribution in [2.45, 2.75) is 122 Å². The third-order valence-corrected chi connectivity index (χ3v) is 6.99. The van der Waals surface area contributed by atoms with Crippen molar-refractivity contribution in [1.82, 2.24) is 15.6 Å². The number of nitrogens with one attached hydrogen (secondary N) is 3. The average Bonchev–Trinajstić information content (AvgIpc) is 3.29. The molecule has 1 aromatic carbocycles. The molecule has 2 amide bonds. The topological polar surface area (TPSA) is 111 Å². The van der Waals surface area contributed by atoms with E-state index in [4.69, 9.17) is 0 Å². The van der Waals surface area contributed by atoms with Crippen molar-refractivity contribution < 1.29 is 19.5 Å². The van der Waals surface area contributed by atoms with Crippen molar-refractivity contribution >= 4 is 28.7 Å². The van der Waals surface area contributed by atoms with Crippen LogP contribution in [0.4, 0.5) is 0 Å². The van der Waals surface area contributed by atoms with Crippen molar-refractivity contribution in [1.29, 1.82) is 0 Å². The van der Waals surface area contributed by atoms with Gasteiger partial charge in [0.2, 0.25) is 11.8 Å². The van der Waals surface area contributed by atoms with Crippen molar-refractivity contribution in [2.24, 2.45) is 0 Å². The fraction of sp³-hybridized carbons (Fsp3) is 0.633. The highest BCUT2D eigenvalue weighted by Gasteiger charge is 2.25. The number of hydrogen-bond donors (Lipinski definition) is 4. The second kappa shape index (κ2) is 17.6. The monoisotopic (exact) mass is 513 g/mol. The van der Waals surface area contributed by atoms with E-state index in [0.717, 1.165) is 35.7 Å². The lowest BCUT2D eigenvalue weighted by Gasteiger charge is -2.20. The Hall–Kier alpha value is -2.83. The molecule has 0 aliphatic carbocycles. The SMILES string of the molecule is CCCCCCCCCCCCCCCC(=O)NC(Cc1c[nH]c2ccccc12)C(=O)NC(C)C(=O)O. The van der Waals surface area contributed by atoms with Crippen LogP contribution in [0, 0.1) is 0 Å². The second-order valence-electron chi connectivity index (χ2n) is 10.2. The van der Waals surface area contributed by atoms with Gasteiger partial charge in [0.05, 0.1) is 0 Å². The van der Waals surface area contributed by atoms with Gasteiger partial charge in [0.1, 0.15) is 12.1 Å². The highest BCUT2D eigenvalue weighted by atomic mass is 16.4. The van der Waals surface area contributed by atoms with Crippen LogP contribution in [0.2, 0.25) is 0 Å². The van der Waals surface area contributed by atoms with Gasteiger partial charge in [-0.25, -0.2) is 0 Å². The molecule has 0 fully saturated rings. The molecular formula is C30H47N3O4. The van der Waals surface area contributed by atoms with Crippen molar-refractivity contribution in [3.63, 3.8) is 0 Å². The Labute approximate surface area is 222 Å². The lowest BCUT2D eigenvalue weighted by atomic mass is 10.0. The molecule has 7 heteroatoms. The minimum atomic E-state index is -1.11. The molecule has 7 nitrogen and oxygen atoms in total. The minimum absolute atomic E-state index is 0.175. The summed E-state index contributed by atoms with van der Waals surface area (Å²) < 4.78 is 0. The van der Waals surface area contributed by atoms with Gasteiger partial charge >= 0.3 is 5.97 Å². The van der Waals surface area contributed by atoms with Crippen LogP contribution in [0.5, 0.6) is 0 Å². The molecule has 0 spiro atoms. The number of aromatic amines is 1. The molecule has 2 unspecified atom stereocenters. The Morgan fingerprint density at radius 1 is 0.838 bits per heavy atom. The lowest BCUT2D eigenvalue weighted by Crippen LogP contribution is -2.51. The zero-order valence-corrected chi connectivity index (χ0v) is 22.8. The Morgan fingerprint density at radius 2 is 1.41 bits per heavy atom. The summed E-state index contributed by atoms with van der Waals surface area (Å²) in [6, 6.07) is 5.90. The molecule has 1 heterocycles. The zero-order chi connectivity index (χ0) is 26.9. The normalized spacial score (nSPS) is 12.8. The average molecular weight is 514 g/mol. The van der Waals surface area contributed by atoms with Crippen LogP contribution in [0.3, 0.4) is 0 Å². The summed E-state index contributed by atoms with van der Waals surface area (Å²) in [5, 5.41) is 15.5. The van der Waals surface area contributed by atoms with Crippen LogP contribution in [-0.2, 0) is 20.8 Å². The Balaban J connectivity index is 1.71. The number of unbranched alkanes of at least 4 members (excludes halogenated alkanes) is 12. The Morgan fingerprint density at radius 3 is 2.00 bits per heavy atom. The predicted molar refractivity (Wildman–Crippen MR) is 149 cm³/mol. The van der Waals surface area contributed by atoms with Crippen molar-refractivity contribution in [3.8, 4) is 0 Å². The van der Waals surface area contributed by atoms with Crippen LogP contribution in [0.15, 0.2) is 30.5 Å². The lowest BCUT2D eigenvalue weighted by molar-refractivity contribution is -0.141. The molecule has 1 aromatic heterocycles. The zero-order valence-electron chi connectivity index (χ0n) is 22.8. The van der Waals surface area contributed by atoms with E-state index in [1.54, 1.807) is 0 Å². The molecule has 0 bridgehead atoms. The summed E-state index contributed by atoms with van der Waals surface area (Å²) in [6.45, 7) is 3.66. The van der Waals surface area contributed by atoms with Gasteiger partial charge in [0, 0.05) is 29.9 Å². The third-order valence-electron chi connectivity index (χ3n) is 6.99. The Kier molecular flexibility index (Phi) is 14.5. The quantitative estimate of drug-likeness (QED) is 0.156. The molecule has 4 N–H and O–H groups in total. The first-order valence-electron chi connectivity index (χ1n) is 14.3. The van der Waals surface area contributed by atoms with E-state index < -0.39 is 24.0 Å². The maximum absolute atomic E-state index is 12.8. The van der Waals surface area contributed by atoms with Gasteiger partial charge in [-0.15, -0.1) is 0 Å². The molecule has 2 aromatic rings. The molecular weight excluding hydrogens is 466 g/mol.